The van der Waals surface area contributed by atoms with E-state index in [1.165, 1.54) is 6.08 Å². The lowest BCUT2D eigenvalue weighted by Crippen LogP contribution is -1.66. The quantitative estimate of drug-likeness (QED) is 0.601. The van der Waals surface area contributed by atoms with Gasteiger partial charge >= 0.3 is 0 Å². The first-order valence-corrected chi connectivity index (χ1v) is 4.45. The zero-order chi connectivity index (χ0) is 9.26. The van der Waals surface area contributed by atoms with Gasteiger partial charge in [0.05, 0.1) is 0 Å². The predicted molar refractivity (Wildman–Crippen MR) is 53.8 cm³/mol. The normalized spacial score (nSPS) is 9.92. The van der Waals surface area contributed by atoms with Crippen molar-refractivity contribution in [2.24, 2.45) is 4.99 Å². The van der Waals surface area contributed by atoms with Crippen LogP contribution in [0.4, 0.5) is 5.82 Å². The maximum atomic E-state index is 10.00. The predicted octanol–water partition coefficient (Wildman–Crippen LogP) is 2.90. The molecule has 2 aromatic rings. The Bertz CT molecular complexity index is 497. The summed E-state index contributed by atoms with van der Waals surface area (Å²) >= 11 is 3.36. The topological polar surface area (TPSA) is 45.2 Å². The van der Waals surface area contributed by atoms with Crippen LogP contribution in [0, 0.1) is 0 Å². The minimum absolute atomic E-state index is 0.531. The van der Waals surface area contributed by atoms with Crippen molar-refractivity contribution in [1.82, 2.24) is 4.98 Å². The highest BCUT2D eigenvalue weighted by Gasteiger charge is 1.98. The molecule has 0 bridgehead atoms. The zero-order valence-corrected chi connectivity index (χ0v) is 8.13. The number of aromatic amines is 1. The standard InChI is InChI=1S/C9H5BrN2O/c10-7-1-2-8-6(3-7)4-9(12-8)11-5-13/h1-4,12H. The lowest BCUT2D eigenvalue weighted by molar-refractivity contribution is 0.565. The van der Waals surface area contributed by atoms with E-state index in [1.54, 1.807) is 6.07 Å². The second kappa shape index (κ2) is 3.17. The first-order valence-electron chi connectivity index (χ1n) is 3.66. The van der Waals surface area contributed by atoms with Gasteiger partial charge in [0.25, 0.3) is 0 Å². The molecule has 0 aliphatic heterocycles. The number of halogens is 1. The van der Waals surface area contributed by atoms with E-state index in [0.29, 0.717) is 5.82 Å². The van der Waals surface area contributed by atoms with E-state index in [4.69, 9.17) is 0 Å². The Morgan fingerprint density at radius 3 is 3.00 bits per heavy atom. The van der Waals surface area contributed by atoms with Crippen molar-refractivity contribution < 1.29 is 4.79 Å². The molecular weight excluding hydrogens is 232 g/mol. The maximum Gasteiger partial charge on any atom is 0.242 e. The Labute approximate surface area is 82.6 Å². The van der Waals surface area contributed by atoms with Gasteiger partial charge in [0.15, 0.2) is 0 Å². The fourth-order valence-electron chi connectivity index (χ4n) is 1.20. The number of nitrogens with one attached hydrogen (secondary N) is 1. The molecule has 2 rings (SSSR count). The molecule has 0 amide bonds. The number of isocyanates is 1. The van der Waals surface area contributed by atoms with E-state index in [-0.39, 0.29) is 0 Å². The van der Waals surface area contributed by atoms with E-state index in [0.717, 1.165) is 15.4 Å². The number of benzene rings is 1. The van der Waals surface area contributed by atoms with Gasteiger partial charge in [-0.1, -0.05) is 15.9 Å². The molecule has 13 heavy (non-hydrogen) atoms. The summed E-state index contributed by atoms with van der Waals surface area (Å²) in [6.45, 7) is 0. The van der Waals surface area contributed by atoms with Gasteiger partial charge in [0.2, 0.25) is 6.08 Å². The lowest BCUT2D eigenvalue weighted by atomic mass is 10.2. The summed E-state index contributed by atoms with van der Waals surface area (Å²) in [7, 11) is 0. The van der Waals surface area contributed by atoms with Gasteiger partial charge in [0, 0.05) is 15.4 Å². The Morgan fingerprint density at radius 1 is 1.38 bits per heavy atom. The van der Waals surface area contributed by atoms with Crippen molar-refractivity contribution in [2.75, 3.05) is 0 Å². The number of nitrogens with zero attached hydrogens (tertiary/aromatic N) is 1. The first kappa shape index (κ1) is 8.23. The van der Waals surface area contributed by atoms with Crippen LogP contribution in [-0.2, 0) is 4.79 Å². The monoisotopic (exact) mass is 236 g/mol. The van der Waals surface area contributed by atoms with Crippen molar-refractivity contribution in [3.05, 3.63) is 28.7 Å². The van der Waals surface area contributed by atoms with Gasteiger partial charge in [-0.15, -0.1) is 4.99 Å². The third kappa shape index (κ3) is 1.54. The molecular formula is C9H5BrN2O. The molecule has 1 N–H and O–H groups in total. The summed E-state index contributed by atoms with van der Waals surface area (Å²) in [5.74, 6) is 0.531. The number of H-pyrrole nitrogens is 1. The fourth-order valence-corrected chi connectivity index (χ4v) is 1.58. The summed E-state index contributed by atoms with van der Waals surface area (Å²) < 4.78 is 1.00. The van der Waals surface area contributed by atoms with Crippen molar-refractivity contribution in [2.45, 2.75) is 0 Å². The largest absolute Gasteiger partial charge is 0.339 e. The number of aliphatic imine (C=N–C) groups is 1. The van der Waals surface area contributed by atoms with Crippen LogP contribution in [0.2, 0.25) is 0 Å². The Hall–Kier alpha value is -1.38. The van der Waals surface area contributed by atoms with Crippen LogP contribution in [-0.4, -0.2) is 11.1 Å². The number of hydrogen-bond donors (Lipinski definition) is 1. The molecule has 0 radical (unpaired) electrons. The molecule has 1 aromatic heterocycles. The molecule has 0 saturated heterocycles. The van der Waals surface area contributed by atoms with Crippen LogP contribution in [0.1, 0.15) is 0 Å². The van der Waals surface area contributed by atoms with E-state index >= 15 is 0 Å². The summed E-state index contributed by atoms with van der Waals surface area (Å²) in [4.78, 5) is 16.5. The zero-order valence-electron chi connectivity index (χ0n) is 6.54. The number of aromatic nitrogens is 1. The lowest BCUT2D eigenvalue weighted by Gasteiger charge is -1.88. The van der Waals surface area contributed by atoms with Gasteiger partial charge in [-0.2, -0.15) is 0 Å². The highest BCUT2D eigenvalue weighted by atomic mass is 79.9. The van der Waals surface area contributed by atoms with Crippen LogP contribution in [0.25, 0.3) is 10.9 Å². The van der Waals surface area contributed by atoms with Gasteiger partial charge in [0.1, 0.15) is 5.82 Å². The van der Waals surface area contributed by atoms with E-state index in [1.807, 2.05) is 18.2 Å². The maximum absolute atomic E-state index is 10.00. The molecule has 64 valence electrons. The van der Waals surface area contributed by atoms with Gasteiger partial charge < -0.3 is 4.98 Å². The summed E-state index contributed by atoms with van der Waals surface area (Å²) in [6.07, 6.45) is 1.49. The Kier molecular flexibility index (Phi) is 2.00. The Balaban J connectivity index is 2.68. The summed E-state index contributed by atoms with van der Waals surface area (Å²) in [5.41, 5.74) is 0.956. The van der Waals surface area contributed by atoms with Gasteiger partial charge in [-0.25, -0.2) is 4.79 Å². The molecule has 0 aliphatic rings. The molecule has 0 atom stereocenters. The minimum Gasteiger partial charge on any atom is -0.339 e. The first-order chi connectivity index (χ1) is 6.29. The molecule has 0 saturated carbocycles. The average Bonchev–Trinajstić information content (AvgIpc) is 2.46. The number of hydrogen-bond acceptors (Lipinski definition) is 2. The molecule has 0 fully saturated rings. The third-order valence-corrected chi connectivity index (χ3v) is 2.23. The second-order valence-corrected chi connectivity index (χ2v) is 3.50. The van der Waals surface area contributed by atoms with Crippen molar-refractivity contribution >= 4 is 38.7 Å². The Morgan fingerprint density at radius 2 is 2.23 bits per heavy atom. The van der Waals surface area contributed by atoms with Crippen LogP contribution in [0.5, 0.6) is 0 Å². The molecule has 0 aliphatic carbocycles. The SMILES string of the molecule is O=C=Nc1cc2cc(Br)ccc2[nH]1. The van der Waals surface area contributed by atoms with E-state index in [2.05, 4.69) is 25.9 Å². The van der Waals surface area contributed by atoms with Crippen molar-refractivity contribution in [3.63, 3.8) is 0 Å². The molecule has 0 unspecified atom stereocenters. The van der Waals surface area contributed by atoms with Crippen LogP contribution < -0.4 is 0 Å². The smallest absolute Gasteiger partial charge is 0.242 e. The molecule has 3 nitrogen and oxygen atoms in total. The number of fused-ring (bicyclic) bond motifs is 1. The second-order valence-electron chi connectivity index (χ2n) is 2.59. The van der Waals surface area contributed by atoms with Crippen molar-refractivity contribution in [3.8, 4) is 0 Å². The molecule has 1 heterocycles. The number of carbonyl (C=O) groups excluding carboxylic acids is 1. The highest BCUT2D eigenvalue weighted by Crippen LogP contribution is 2.23. The summed E-state index contributed by atoms with van der Waals surface area (Å²) in [5, 5.41) is 1.02. The summed E-state index contributed by atoms with van der Waals surface area (Å²) in [6, 6.07) is 7.59. The molecule has 4 heteroatoms. The van der Waals surface area contributed by atoms with Gasteiger partial charge in [-0.05, 0) is 24.3 Å². The van der Waals surface area contributed by atoms with Crippen molar-refractivity contribution in [1.29, 1.82) is 0 Å². The fraction of sp³-hybridized carbons (Fsp3) is 0. The van der Waals surface area contributed by atoms with E-state index in [9.17, 15) is 4.79 Å². The van der Waals surface area contributed by atoms with Gasteiger partial charge in [-0.3, -0.25) is 0 Å². The average molecular weight is 237 g/mol. The molecule has 0 spiro atoms. The third-order valence-electron chi connectivity index (χ3n) is 1.73. The van der Waals surface area contributed by atoms with Crippen LogP contribution >= 0.6 is 15.9 Å². The highest BCUT2D eigenvalue weighted by molar-refractivity contribution is 9.10. The number of rotatable bonds is 1. The van der Waals surface area contributed by atoms with Crippen LogP contribution in [0.3, 0.4) is 0 Å². The molecule has 1 aromatic carbocycles. The minimum atomic E-state index is 0.531. The van der Waals surface area contributed by atoms with Crippen LogP contribution in [0.15, 0.2) is 33.7 Å². The van der Waals surface area contributed by atoms with E-state index < -0.39 is 0 Å².